The number of anilines is 1. The Balaban J connectivity index is 2.08. The zero-order valence-electron chi connectivity index (χ0n) is 10.2. The summed E-state index contributed by atoms with van der Waals surface area (Å²) in [6.07, 6.45) is 0. The van der Waals surface area contributed by atoms with E-state index in [9.17, 15) is 0 Å². The van der Waals surface area contributed by atoms with Gasteiger partial charge >= 0.3 is 0 Å². The van der Waals surface area contributed by atoms with Crippen LogP contribution < -0.4 is 10.1 Å². The van der Waals surface area contributed by atoms with Gasteiger partial charge in [-0.3, -0.25) is 0 Å². The second-order valence-electron chi connectivity index (χ2n) is 3.97. The molecule has 0 radical (unpaired) electrons. The highest BCUT2D eigenvalue weighted by Crippen LogP contribution is 2.23. The number of hydrogen-bond donors (Lipinski definition) is 1. The molecule has 0 fully saturated rings. The summed E-state index contributed by atoms with van der Waals surface area (Å²) < 4.78 is 5.76. The zero-order chi connectivity index (χ0) is 12.1. The molecule has 0 saturated carbocycles. The van der Waals surface area contributed by atoms with Crippen LogP contribution in [-0.4, -0.2) is 6.54 Å². The normalized spacial score (nSPS) is 10.0. The molecule has 0 bridgehead atoms. The maximum Gasteiger partial charge on any atom is 0.127 e. The second-order valence-corrected chi connectivity index (χ2v) is 3.97. The first kappa shape index (κ1) is 11.5. The molecule has 0 aliphatic rings. The first-order valence-electron chi connectivity index (χ1n) is 5.86. The molecule has 1 N–H and O–H groups in total. The SMILES string of the molecule is CCNc1ccc(Oc2cccc(C)c2)cc1. The number of benzene rings is 2. The van der Waals surface area contributed by atoms with Gasteiger partial charge in [0.2, 0.25) is 0 Å². The number of nitrogens with one attached hydrogen (secondary N) is 1. The smallest absolute Gasteiger partial charge is 0.127 e. The van der Waals surface area contributed by atoms with E-state index in [-0.39, 0.29) is 0 Å². The lowest BCUT2D eigenvalue weighted by Gasteiger charge is -2.08. The number of ether oxygens (including phenoxy) is 1. The highest BCUT2D eigenvalue weighted by atomic mass is 16.5. The van der Waals surface area contributed by atoms with Crippen LogP contribution in [0.3, 0.4) is 0 Å². The van der Waals surface area contributed by atoms with Crippen molar-refractivity contribution in [2.75, 3.05) is 11.9 Å². The van der Waals surface area contributed by atoms with Crippen LogP contribution in [0.5, 0.6) is 11.5 Å². The number of aryl methyl sites for hydroxylation is 1. The van der Waals surface area contributed by atoms with E-state index in [1.807, 2.05) is 42.5 Å². The monoisotopic (exact) mass is 227 g/mol. The average molecular weight is 227 g/mol. The van der Waals surface area contributed by atoms with Gasteiger partial charge < -0.3 is 10.1 Å². The molecule has 0 aliphatic carbocycles. The van der Waals surface area contributed by atoms with Crippen molar-refractivity contribution in [2.45, 2.75) is 13.8 Å². The van der Waals surface area contributed by atoms with Crippen molar-refractivity contribution in [3.63, 3.8) is 0 Å². The third-order valence-electron chi connectivity index (χ3n) is 2.46. The molecule has 2 aromatic carbocycles. The molecule has 0 spiro atoms. The van der Waals surface area contributed by atoms with E-state index in [0.29, 0.717) is 0 Å². The summed E-state index contributed by atoms with van der Waals surface area (Å²) in [5.41, 5.74) is 2.32. The summed E-state index contributed by atoms with van der Waals surface area (Å²) in [6.45, 7) is 5.07. The first-order chi connectivity index (χ1) is 8.28. The van der Waals surface area contributed by atoms with Crippen LogP contribution in [0, 0.1) is 6.92 Å². The standard InChI is InChI=1S/C15H17NO/c1-3-16-13-7-9-14(10-8-13)17-15-6-4-5-12(2)11-15/h4-11,16H,3H2,1-2H3. The van der Waals surface area contributed by atoms with E-state index in [0.717, 1.165) is 23.7 Å². The van der Waals surface area contributed by atoms with Gasteiger partial charge in [0, 0.05) is 12.2 Å². The van der Waals surface area contributed by atoms with Crippen LogP contribution in [0.25, 0.3) is 0 Å². The fourth-order valence-corrected chi connectivity index (χ4v) is 1.66. The minimum Gasteiger partial charge on any atom is -0.457 e. The zero-order valence-corrected chi connectivity index (χ0v) is 10.2. The fraction of sp³-hybridized carbons (Fsp3) is 0.200. The average Bonchev–Trinajstić information content (AvgIpc) is 2.32. The van der Waals surface area contributed by atoms with Crippen molar-refractivity contribution in [1.29, 1.82) is 0 Å². The third-order valence-corrected chi connectivity index (χ3v) is 2.46. The Morgan fingerprint density at radius 1 is 1.00 bits per heavy atom. The van der Waals surface area contributed by atoms with Crippen molar-refractivity contribution in [2.24, 2.45) is 0 Å². The van der Waals surface area contributed by atoms with Gasteiger partial charge in [0.1, 0.15) is 11.5 Å². The molecule has 0 atom stereocenters. The molecule has 2 aromatic rings. The lowest BCUT2D eigenvalue weighted by Crippen LogP contribution is -1.95. The maximum atomic E-state index is 5.76. The summed E-state index contributed by atoms with van der Waals surface area (Å²) in [6, 6.07) is 16.0. The van der Waals surface area contributed by atoms with Crippen molar-refractivity contribution in [3.05, 3.63) is 54.1 Å². The Hall–Kier alpha value is -1.96. The van der Waals surface area contributed by atoms with E-state index in [2.05, 4.69) is 25.2 Å². The van der Waals surface area contributed by atoms with E-state index in [1.54, 1.807) is 0 Å². The minimum absolute atomic E-state index is 0.859. The molecule has 88 valence electrons. The van der Waals surface area contributed by atoms with Crippen LogP contribution in [0.2, 0.25) is 0 Å². The number of hydrogen-bond acceptors (Lipinski definition) is 2. The Morgan fingerprint density at radius 2 is 1.76 bits per heavy atom. The first-order valence-corrected chi connectivity index (χ1v) is 5.86. The van der Waals surface area contributed by atoms with Gasteiger partial charge in [-0.05, 0) is 55.8 Å². The van der Waals surface area contributed by atoms with Gasteiger partial charge in [-0.15, -0.1) is 0 Å². The maximum absolute atomic E-state index is 5.76. The molecule has 0 aliphatic heterocycles. The molecule has 0 saturated heterocycles. The predicted octanol–water partition coefficient (Wildman–Crippen LogP) is 4.22. The van der Waals surface area contributed by atoms with Crippen LogP contribution >= 0.6 is 0 Å². The molecule has 2 rings (SSSR count). The molecule has 0 amide bonds. The molecular weight excluding hydrogens is 210 g/mol. The van der Waals surface area contributed by atoms with Crippen molar-refractivity contribution in [1.82, 2.24) is 0 Å². The Morgan fingerprint density at radius 3 is 2.41 bits per heavy atom. The molecule has 0 aromatic heterocycles. The van der Waals surface area contributed by atoms with Gasteiger partial charge in [0.15, 0.2) is 0 Å². The van der Waals surface area contributed by atoms with Crippen LogP contribution in [0.1, 0.15) is 12.5 Å². The largest absolute Gasteiger partial charge is 0.457 e. The lowest BCUT2D eigenvalue weighted by atomic mass is 10.2. The predicted molar refractivity (Wildman–Crippen MR) is 71.9 cm³/mol. The fourth-order valence-electron chi connectivity index (χ4n) is 1.66. The highest BCUT2D eigenvalue weighted by molar-refractivity contribution is 5.47. The lowest BCUT2D eigenvalue weighted by molar-refractivity contribution is 0.482. The Labute approximate surface area is 102 Å². The van der Waals surface area contributed by atoms with E-state index < -0.39 is 0 Å². The van der Waals surface area contributed by atoms with Gasteiger partial charge in [-0.1, -0.05) is 12.1 Å². The quantitative estimate of drug-likeness (QED) is 0.844. The molecule has 0 unspecified atom stereocenters. The molecule has 0 heterocycles. The summed E-state index contributed by atoms with van der Waals surface area (Å²) in [4.78, 5) is 0. The summed E-state index contributed by atoms with van der Waals surface area (Å²) >= 11 is 0. The summed E-state index contributed by atoms with van der Waals surface area (Å²) in [5.74, 6) is 1.73. The van der Waals surface area contributed by atoms with Gasteiger partial charge in [-0.25, -0.2) is 0 Å². The third kappa shape index (κ3) is 3.25. The second kappa shape index (κ2) is 5.39. The van der Waals surface area contributed by atoms with E-state index in [4.69, 9.17) is 4.74 Å². The van der Waals surface area contributed by atoms with Gasteiger partial charge in [-0.2, -0.15) is 0 Å². The number of rotatable bonds is 4. The molecule has 2 nitrogen and oxygen atoms in total. The van der Waals surface area contributed by atoms with Crippen LogP contribution in [0.15, 0.2) is 48.5 Å². The van der Waals surface area contributed by atoms with Crippen LogP contribution in [0.4, 0.5) is 5.69 Å². The molecular formula is C15H17NO. The van der Waals surface area contributed by atoms with Crippen LogP contribution in [-0.2, 0) is 0 Å². The highest BCUT2D eigenvalue weighted by Gasteiger charge is 1.97. The van der Waals surface area contributed by atoms with Gasteiger partial charge in [0.05, 0.1) is 0 Å². The van der Waals surface area contributed by atoms with Crippen molar-refractivity contribution < 1.29 is 4.74 Å². The minimum atomic E-state index is 0.859. The Kier molecular flexibility index (Phi) is 3.66. The molecule has 2 heteroatoms. The molecule has 17 heavy (non-hydrogen) atoms. The Bertz CT molecular complexity index is 477. The van der Waals surface area contributed by atoms with Crippen molar-refractivity contribution in [3.8, 4) is 11.5 Å². The summed E-state index contributed by atoms with van der Waals surface area (Å²) in [5, 5.41) is 3.25. The van der Waals surface area contributed by atoms with Crippen molar-refractivity contribution >= 4 is 5.69 Å². The topological polar surface area (TPSA) is 21.3 Å². The van der Waals surface area contributed by atoms with E-state index in [1.165, 1.54) is 5.56 Å². The van der Waals surface area contributed by atoms with E-state index >= 15 is 0 Å². The summed E-state index contributed by atoms with van der Waals surface area (Å²) in [7, 11) is 0. The van der Waals surface area contributed by atoms with Gasteiger partial charge in [0.25, 0.3) is 0 Å².